The van der Waals surface area contributed by atoms with Crippen molar-refractivity contribution in [1.82, 2.24) is 24.9 Å². The van der Waals surface area contributed by atoms with Gasteiger partial charge in [0.25, 0.3) is 5.91 Å². The lowest BCUT2D eigenvalue weighted by Crippen LogP contribution is -2.47. The molecule has 0 aromatic carbocycles. The summed E-state index contributed by atoms with van der Waals surface area (Å²) in [6.07, 6.45) is 5.08. The lowest BCUT2D eigenvalue weighted by atomic mass is 9.91. The third-order valence-corrected chi connectivity index (χ3v) is 5.88. The third kappa shape index (κ3) is 5.13. The minimum atomic E-state index is 0.121. The first-order valence-corrected chi connectivity index (χ1v) is 11.0. The van der Waals surface area contributed by atoms with E-state index in [9.17, 15) is 4.79 Å². The van der Waals surface area contributed by atoms with Crippen LogP contribution in [0.15, 0.2) is 0 Å². The van der Waals surface area contributed by atoms with Crippen molar-refractivity contribution in [2.24, 2.45) is 0 Å². The molecule has 1 atom stereocenters. The van der Waals surface area contributed by atoms with Crippen molar-refractivity contribution in [3.63, 3.8) is 0 Å². The maximum atomic E-state index is 13.2. The molecule has 158 valence electrons. The molecule has 1 fully saturated rings. The summed E-state index contributed by atoms with van der Waals surface area (Å²) in [5, 5.41) is 8.46. The minimum Gasteiger partial charge on any atom is -0.382 e. The largest absolute Gasteiger partial charge is 0.382 e. The summed E-state index contributed by atoms with van der Waals surface area (Å²) in [4.78, 5) is 17.5. The van der Waals surface area contributed by atoms with Gasteiger partial charge in [-0.05, 0) is 52.6 Å². The number of likely N-dealkylation sites (N-methyl/N-ethyl adjacent to an activating group) is 1. The summed E-state index contributed by atoms with van der Waals surface area (Å²) in [6.45, 7) is 11.1. The fourth-order valence-corrected chi connectivity index (χ4v) is 4.21. The molecular formula is C21H37N5O2. The van der Waals surface area contributed by atoms with Gasteiger partial charge < -0.3 is 19.9 Å². The maximum absolute atomic E-state index is 13.2. The topological polar surface area (TPSA) is 62.6 Å². The molecule has 2 heterocycles. The van der Waals surface area contributed by atoms with Gasteiger partial charge in [-0.25, -0.2) is 0 Å². The van der Waals surface area contributed by atoms with Gasteiger partial charge in [0, 0.05) is 63.2 Å². The monoisotopic (exact) mass is 391 g/mol. The summed E-state index contributed by atoms with van der Waals surface area (Å²) in [7, 11) is 2.11. The molecule has 0 radical (unpaired) electrons. The minimum absolute atomic E-state index is 0.121. The molecule has 7 nitrogen and oxygen atoms in total. The highest BCUT2D eigenvalue weighted by atomic mass is 16.5. The van der Waals surface area contributed by atoms with Gasteiger partial charge in [-0.3, -0.25) is 9.48 Å². The Balaban J connectivity index is 1.69. The Morgan fingerprint density at radius 2 is 2.04 bits per heavy atom. The number of rotatable bonds is 9. The molecule has 2 aliphatic rings. The van der Waals surface area contributed by atoms with E-state index in [0.29, 0.717) is 11.7 Å². The van der Waals surface area contributed by atoms with E-state index in [4.69, 9.17) is 9.84 Å². The van der Waals surface area contributed by atoms with E-state index in [1.54, 1.807) is 0 Å². The molecular weight excluding hydrogens is 354 g/mol. The SMILES string of the molecule is CCCn1nc(C(=O)N2CCN(C)CC2)c2c1CCC(NCCCOCC)C2. The van der Waals surface area contributed by atoms with Crippen LogP contribution < -0.4 is 5.32 Å². The number of aromatic nitrogens is 2. The van der Waals surface area contributed by atoms with Crippen LogP contribution in [0.3, 0.4) is 0 Å². The molecule has 0 bridgehead atoms. The third-order valence-electron chi connectivity index (χ3n) is 5.88. The molecule has 28 heavy (non-hydrogen) atoms. The van der Waals surface area contributed by atoms with Crippen LogP contribution in [0.2, 0.25) is 0 Å². The Morgan fingerprint density at radius 1 is 1.25 bits per heavy atom. The molecule has 0 spiro atoms. The van der Waals surface area contributed by atoms with E-state index in [0.717, 1.165) is 84.6 Å². The first-order chi connectivity index (χ1) is 13.6. The van der Waals surface area contributed by atoms with Gasteiger partial charge in [0.05, 0.1) is 0 Å². The maximum Gasteiger partial charge on any atom is 0.274 e. The van der Waals surface area contributed by atoms with Crippen molar-refractivity contribution >= 4 is 5.91 Å². The molecule has 1 saturated heterocycles. The lowest BCUT2D eigenvalue weighted by Gasteiger charge is -2.32. The number of hydrogen-bond acceptors (Lipinski definition) is 5. The molecule has 1 N–H and O–H groups in total. The van der Waals surface area contributed by atoms with Gasteiger partial charge in [0.1, 0.15) is 0 Å². The predicted octanol–water partition coefficient (Wildman–Crippen LogP) is 1.55. The Morgan fingerprint density at radius 3 is 2.75 bits per heavy atom. The Hall–Kier alpha value is -1.44. The number of fused-ring (bicyclic) bond motifs is 1. The Kier molecular flexibility index (Phi) is 7.88. The first kappa shape index (κ1) is 21.3. The van der Waals surface area contributed by atoms with E-state index in [1.165, 1.54) is 11.3 Å². The lowest BCUT2D eigenvalue weighted by molar-refractivity contribution is 0.0656. The van der Waals surface area contributed by atoms with Crippen LogP contribution >= 0.6 is 0 Å². The average molecular weight is 392 g/mol. The summed E-state index contributed by atoms with van der Waals surface area (Å²) < 4.78 is 7.53. The summed E-state index contributed by atoms with van der Waals surface area (Å²) in [6, 6.07) is 0.424. The van der Waals surface area contributed by atoms with Crippen LogP contribution in [0.4, 0.5) is 0 Å². The van der Waals surface area contributed by atoms with Crippen molar-refractivity contribution < 1.29 is 9.53 Å². The molecule has 1 aliphatic carbocycles. The number of nitrogens with one attached hydrogen (secondary N) is 1. The normalized spacial score (nSPS) is 20.4. The van der Waals surface area contributed by atoms with Crippen LogP contribution in [0.5, 0.6) is 0 Å². The second-order valence-electron chi connectivity index (χ2n) is 8.04. The highest BCUT2D eigenvalue weighted by Gasteiger charge is 2.31. The summed E-state index contributed by atoms with van der Waals surface area (Å²) in [5.74, 6) is 0.121. The van der Waals surface area contributed by atoms with Crippen molar-refractivity contribution in [3.05, 3.63) is 17.0 Å². The highest BCUT2D eigenvalue weighted by molar-refractivity contribution is 5.94. The molecule has 1 amide bonds. The van der Waals surface area contributed by atoms with Crippen molar-refractivity contribution in [2.45, 2.75) is 58.5 Å². The number of carbonyl (C=O) groups is 1. The highest BCUT2D eigenvalue weighted by Crippen LogP contribution is 2.26. The molecule has 7 heteroatoms. The molecule has 1 aliphatic heterocycles. The number of nitrogens with zero attached hydrogens (tertiary/aromatic N) is 4. The standard InChI is InChI=1S/C21H37N5O2/c1-4-10-26-19-8-7-17(22-9-6-15-28-5-2)16-18(19)20(23-26)21(27)25-13-11-24(3)12-14-25/h17,22H,4-16H2,1-3H3. The van der Waals surface area contributed by atoms with Gasteiger partial charge >= 0.3 is 0 Å². The summed E-state index contributed by atoms with van der Waals surface area (Å²) >= 11 is 0. The zero-order valence-corrected chi connectivity index (χ0v) is 17.9. The molecule has 1 aromatic rings. The summed E-state index contributed by atoms with van der Waals surface area (Å²) in [5.41, 5.74) is 3.17. The Bertz CT molecular complexity index is 637. The number of amides is 1. The van der Waals surface area contributed by atoms with Gasteiger partial charge in [-0.2, -0.15) is 5.10 Å². The van der Waals surface area contributed by atoms with Crippen LogP contribution in [0.1, 0.15) is 54.9 Å². The predicted molar refractivity (Wildman–Crippen MR) is 111 cm³/mol. The number of carbonyl (C=O) groups excluding carboxylic acids is 1. The van der Waals surface area contributed by atoms with Crippen molar-refractivity contribution in [1.29, 1.82) is 0 Å². The Labute approximate surface area is 169 Å². The average Bonchev–Trinajstić information content (AvgIpc) is 3.06. The molecule has 0 saturated carbocycles. The second kappa shape index (κ2) is 10.4. The van der Waals surface area contributed by atoms with Crippen LogP contribution in [-0.2, 0) is 24.1 Å². The number of hydrogen-bond donors (Lipinski definition) is 1. The van der Waals surface area contributed by atoms with E-state index >= 15 is 0 Å². The first-order valence-electron chi connectivity index (χ1n) is 11.0. The van der Waals surface area contributed by atoms with E-state index in [2.05, 4.69) is 28.9 Å². The fourth-order valence-electron chi connectivity index (χ4n) is 4.21. The van der Waals surface area contributed by atoms with Crippen LogP contribution in [-0.4, -0.2) is 84.5 Å². The van der Waals surface area contributed by atoms with E-state index < -0.39 is 0 Å². The van der Waals surface area contributed by atoms with Crippen molar-refractivity contribution in [3.8, 4) is 0 Å². The van der Waals surface area contributed by atoms with E-state index in [-0.39, 0.29) is 5.91 Å². The van der Waals surface area contributed by atoms with Gasteiger partial charge in [0.15, 0.2) is 5.69 Å². The molecule has 1 unspecified atom stereocenters. The molecule has 3 rings (SSSR count). The van der Waals surface area contributed by atoms with Gasteiger partial charge in [-0.15, -0.1) is 0 Å². The quantitative estimate of drug-likeness (QED) is 0.647. The number of ether oxygens (including phenoxy) is 1. The molecule has 1 aromatic heterocycles. The zero-order chi connectivity index (χ0) is 19.9. The second-order valence-corrected chi connectivity index (χ2v) is 8.04. The fraction of sp³-hybridized carbons (Fsp3) is 0.810. The van der Waals surface area contributed by atoms with Gasteiger partial charge in [-0.1, -0.05) is 6.92 Å². The van der Waals surface area contributed by atoms with Crippen LogP contribution in [0, 0.1) is 0 Å². The van der Waals surface area contributed by atoms with E-state index in [1.807, 2.05) is 11.8 Å². The van der Waals surface area contributed by atoms with Crippen molar-refractivity contribution in [2.75, 3.05) is 53.0 Å². The van der Waals surface area contributed by atoms with Gasteiger partial charge in [0.2, 0.25) is 0 Å². The van der Waals surface area contributed by atoms with Crippen LogP contribution in [0.25, 0.3) is 0 Å². The smallest absolute Gasteiger partial charge is 0.274 e. The zero-order valence-electron chi connectivity index (χ0n) is 17.9. The number of piperazine rings is 1. The number of aryl methyl sites for hydroxylation is 1.